The smallest absolute Gasteiger partial charge is 0.143 e. The number of benzene rings is 12. The Labute approximate surface area is 425 Å². The molecule has 0 N–H and O–H groups in total. The van der Waals surface area contributed by atoms with Crippen molar-refractivity contribution >= 4 is 49.8 Å². The standard InChI is InChI=1S/C71H47NO/c1-4-16-48(17-5-1)49-30-38-57(39-31-49)72(58-40-32-51(33-41-58)61-26-14-19-50-18-10-11-24-60(50)61)59-42-34-52(35-43-59)62-27-15-28-66-65-45-37-54(47-69(65)73-70(62)66)53-36-44-64-63-25-12-13-29-67(63)71(68(64)46-53,55-20-6-2-7-21-55)56-22-8-3-9-23-56/h1-47H. The number of hydrogen-bond donors (Lipinski definition) is 0. The van der Waals surface area contributed by atoms with Gasteiger partial charge in [0, 0.05) is 33.4 Å². The Morgan fingerprint density at radius 1 is 0.274 bits per heavy atom. The van der Waals surface area contributed by atoms with Gasteiger partial charge >= 0.3 is 0 Å². The Morgan fingerprint density at radius 3 is 1.44 bits per heavy atom. The van der Waals surface area contributed by atoms with Crippen molar-refractivity contribution in [3.63, 3.8) is 0 Å². The molecule has 0 saturated carbocycles. The normalized spacial score (nSPS) is 12.5. The quantitative estimate of drug-likeness (QED) is 0.143. The van der Waals surface area contributed by atoms with Crippen molar-refractivity contribution in [2.24, 2.45) is 0 Å². The molecule has 1 aromatic heterocycles. The fourth-order valence-corrected chi connectivity index (χ4v) is 11.8. The van der Waals surface area contributed by atoms with E-state index in [0.717, 1.165) is 61.3 Å². The largest absolute Gasteiger partial charge is 0.455 e. The minimum Gasteiger partial charge on any atom is -0.455 e. The Bertz CT molecular complexity index is 4110. The average molecular weight is 930 g/mol. The summed E-state index contributed by atoms with van der Waals surface area (Å²) in [4.78, 5) is 2.34. The molecule has 0 saturated heterocycles. The number of anilines is 3. The van der Waals surface area contributed by atoms with Crippen molar-refractivity contribution in [3.05, 3.63) is 307 Å². The Morgan fingerprint density at radius 2 is 0.740 bits per heavy atom. The van der Waals surface area contributed by atoms with E-state index in [1.807, 2.05) is 0 Å². The predicted molar refractivity (Wildman–Crippen MR) is 305 cm³/mol. The predicted octanol–water partition coefficient (Wildman–Crippen LogP) is 19.2. The van der Waals surface area contributed by atoms with Gasteiger partial charge in [-0.3, -0.25) is 0 Å². The highest BCUT2D eigenvalue weighted by atomic mass is 16.3. The van der Waals surface area contributed by atoms with E-state index in [-0.39, 0.29) is 0 Å². The van der Waals surface area contributed by atoms with Crippen LogP contribution in [-0.2, 0) is 5.41 Å². The molecule has 0 aliphatic heterocycles. The molecule has 2 nitrogen and oxygen atoms in total. The third-order valence-electron chi connectivity index (χ3n) is 15.2. The van der Waals surface area contributed by atoms with Gasteiger partial charge in [-0.25, -0.2) is 0 Å². The van der Waals surface area contributed by atoms with E-state index >= 15 is 0 Å². The van der Waals surface area contributed by atoms with Crippen LogP contribution in [0.1, 0.15) is 22.3 Å². The summed E-state index contributed by atoms with van der Waals surface area (Å²) in [7, 11) is 0. The van der Waals surface area contributed by atoms with Gasteiger partial charge in [0.15, 0.2) is 0 Å². The van der Waals surface area contributed by atoms with Gasteiger partial charge in [0.1, 0.15) is 11.2 Å². The van der Waals surface area contributed by atoms with Gasteiger partial charge in [-0.2, -0.15) is 0 Å². The van der Waals surface area contributed by atoms with Gasteiger partial charge in [-0.1, -0.05) is 231 Å². The molecule has 73 heavy (non-hydrogen) atoms. The maximum atomic E-state index is 6.95. The lowest BCUT2D eigenvalue weighted by atomic mass is 9.67. The van der Waals surface area contributed by atoms with Gasteiger partial charge in [-0.05, 0) is 138 Å². The second kappa shape index (κ2) is 17.4. The van der Waals surface area contributed by atoms with Gasteiger partial charge in [0.25, 0.3) is 0 Å². The number of fused-ring (bicyclic) bond motifs is 7. The summed E-state index contributed by atoms with van der Waals surface area (Å²) in [6.45, 7) is 0. The van der Waals surface area contributed by atoms with Crippen LogP contribution in [-0.4, -0.2) is 0 Å². The Hall–Kier alpha value is -9.50. The van der Waals surface area contributed by atoms with Crippen LogP contribution >= 0.6 is 0 Å². The van der Waals surface area contributed by atoms with Gasteiger partial charge < -0.3 is 9.32 Å². The van der Waals surface area contributed by atoms with Crippen LogP contribution < -0.4 is 4.90 Å². The SMILES string of the molecule is c1ccc(-c2ccc(N(c3ccc(-c4cccc5ccccc45)cc3)c3ccc(-c4cccc5c4oc4cc(-c6ccc7c(c6)C(c6ccccc6)(c6ccccc6)c6ccccc6-7)ccc45)cc3)cc2)cc1. The molecule has 1 heterocycles. The topological polar surface area (TPSA) is 16.4 Å². The first-order chi connectivity index (χ1) is 36.2. The minimum absolute atomic E-state index is 0.467. The van der Waals surface area contributed by atoms with Crippen LogP contribution in [0.5, 0.6) is 0 Å². The molecule has 14 rings (SSSR count). The van der Waals surface area contributed by atoms with Gasteiger partial charge in [0.05, 0.1) is 5.41 Å². The van der Waals surface area contributed by atoms with Crippen LogP contribution in [0.3, 0.4) is 0 Å². The number of rotatable bonds is 9. The second-order valence-electron chi connectivity index (χ2n) is 19.2. The first-order valence-electron chi connectivity index (χ1n) is 25.1. The van der Waals surface area contributed by atoms with Crippen LogP contribution in [0.4, 0.5) is 17.1 Å². The zero-order valence-corrected chi connectivity index (χ0v) is 40.0. The first kappa shape index (κ1) is 42.4. The van der Waals surface area contributed by atoms with Crippen molar-refractivity contribution in [1.29, 1.82) is 0 Å². The molecular weight excluding hydrogens is 883 g/mol. The highest BCUT2D eigenvalue weighted by molar-refractivity contribution is 6.10. The van der Waals surface area contributed by atoms with Crippen LogP contribution in [0.25, 0.3) is 88.3 Å². The zero-order valence-electron chi connectivity index (χ0n) is 40.0. The Kier molecular flexibility index (Phi) is 10.1. The van der Waals surface area contributed by atoms with E-state index < -0.39 is 5.41 Å². The number of nitrogens with zero attached hydrogens (tertiary/aromatic N) is 1. The number of para-hydroxylation sites is 1. The van der Waals surface area contributed by atoms with Crippen molar-refractivity contribution in [2.45, 2.75) is 5.41 Å². The highest BCUT2D eigenvalue weighted by Crippen LogP contribution is 2.57. The molecule has 2 heteroatoms. The van der Waals surface area contributed by atoms with Crippen LogP contribution in [0.15, 0.2) is 290 Å². The lowest BCUT2D eigenvalue weighted by Gasteiger charge is -2.34. The summed E-state index contributed by atoms with van der Waals surface area (Å²) < 4.78 is 6.95. The number of furan rings is 1. The maximum absolute atomic E-state index is 6.95. The molecule has 1 aliphatic rings. The number of hydrogen-bond acceptors (Lipinski definition) is 2. The van der Waals surface area contributed by atoms with Crippen molar-refractivity contribution < 1.29 is 4.42 Å². The highest BCUT2D eigenvalue weighted by Gasteiger charge is 2.46. The summed E-state index contributed by atoms with van der Waals surface area (Å²) in [5.74, 6) is 0. The summed E-state index contributed by atoms with van der Waals surface area (Å²) >= 11 is 0. The third kappa shape index (κ3) is 7.02. The van der Waals surface area contributed by atoms with E-state index in [9.17, 15) is 0 Å². The fourth-order valence-electron chi connectivity index (χ4n) is 11.8. The monoisotopic (exact) mass is 929 g/mol. The molecule has 0 bridgehead atoms. The molecule has 0 amide bonds. The summed E-state index contributed by atoms with van der Waals surface area (Å²) in [6.07, 6.45) is 0. The minimum atomic E-state index is -0.467. The Balaban J connectivity index is 0.832. The summed E-state index contributed by atoms with van der Waals surface area (Å²) in [5, 5.41) is 4.70. The zero-order chi connectivity index (χ0) is 48.3. The molecule has 0 spiro atoms. The first-order valence-corrected chi connectivity index (χ1v) is 25.1. The van der Waals surface area contributed by atoms with E-state index in [1.54, 1.807) is 0 Å². The molecule has 12 aromatic carbocycles. The molecular formula is C71H47NO. The molecule has 0 fully saturated rings. The average Bonchev–Trinajstić information content (AvgIpc) is 4.00. The van der Waals surface area contributed by atoms with E-state index in [1.165, 1.54) is 66.4 Å². The van der Waals surface area contributed by atoms with Crippen LogP contribution in [0, 0.1) is 0 Å². The van der Waals surface area contributed by atoms with Gasteiger partial charge in [-0.15, -0.1) is 0 Å². The second-order valence-corrected chi connectivity index (χ2v) is 19.2. The van der Waals surface area contributed by atoms with E-state index in [4.69, 9.17) is 4.42 Å². The molecule has 0 atom stereocenters. The fraction of sp³-hybridized carbons (Fsp3) is 0.0141. The third-order valence-corrected chi connectivity index (χ3v) is 15.2. The molecule has 342 valence electrons. The van der Waals surface area contributed by atoms with Crippen molar-refractivity contribution in [3.8, 4) is 55.6 Å². The molecule has 0 unspecified atom stereocenters. The summed E-state index contributed by atoms with van der Waals surface area (Å²) in [6, 6.07) is 104. The van der Waals surface area contributed by atoms with E-state index in [0.29, 0.717) is 0 Å². The molecule has 0 radical (unpaired) electrons. The summed E-state index contributed by atoms with van der Waals surface area (Å²) in [5.41, 5.74) is 21.4. The molecule has 13 aromatic rings. The van der Waals surface area contributed by atoms with Crippen LogP contribution in [0.2, 0.25) is 0 Å². The van der Waals surface area contributed by atoms with Crippen molar-refractivity contribution in [1.82, 2.24) is 0 Å². The molecule has 1 aliphatic carbocycles. The lowest BCUT2D eigenvalue weighted by Crippen LogP contribution is -2.28. The maximum Gasteiger partial charge on any atom is 0.143 e. The van der Waals surface area contributed by atoms with E-state index in [2.05, 4.69) is 290 Å². The van der Waals surface area contributed by atoms with Crippen molar-refractivity contribution in [2.75, 3.05) is 4.90 Å². The lowest BCUT2D eigenvalue weighted by molar-refractivity contribution is 0.670. The van der Waals surface area contributed by atoms with Gasteiger partial charge in [0.2, 0.25) is 0 Å².